The zero-order valence-corrected chi connectivity index (χ0v) is 21.5. The number of halogens is 1. The van der Waals surface area contributed by atoms with Crippen LogP contribution in [0.4, 0.5) is 5.69 Å². The molecule has 0 aliphatic carbocycles. The Labute approximate surface area is 232 Å². The highest BCUT2D eigenvalue weighted by Crippen LogP contribution is 2.37. The summed E-state index contributed by atoms with van der Waals surface area (Å²) in [6.45, 7) is 0. The molecule has 3 aromatic heterocycles. The van der Waals surface area contributed by atoms with Crippen LogP contribution in [-0.2, 0) is 0 Å². The van der Waals surface area contributed by atoms with Crippen molar-refractivity contribution in [1.29, 1.82) is 5.26 Å². The van der Waals surface area contributed by atoms with E-state index in [0.717, 1.165) is 16.8 Å². The largest absolute Gasteiger partial charge is 0.397 e. The number of anilines is 1. The number of aromatic nitrogens is 5. The van der Waals surface area contributed by atoms with Gasteiger partial charge in [-0.3, -0.25) is 4.79 Å². The van der Waals surface area contributed by atoms with Gasteiger partial charge in [0.15, 0.2) is 11.3 Å². The van der Waals surface area contributed by atoms with Crippen molar-refractivity contribution in [3.05, 3.63) is 118 Å². The number of nitrogen functional groups attached to an aromatic ring is 1. The summed E-state index contributed by atoms with van der Waals surface area (Å²) in [5, 5.41) is 21.7. The molecule has 0 aliphatic rings. The van der Waals surface area contributed by atoms with Gasteiger partial charge in [-0.05, 0) is 35.9 Å². The second kappa shape index (κ2) is 9.05. The van der Waals surface area contributed by atoms with Crippen molar-refractivity contribution in [1.82, 2.24) is 24.4 Å². The fourth-order valence-corrected chi connectivity index (χ4v) is 5.22. The van der Waals surface area contributed by atoms with Crippen LogP contribution >= 0.6 is 11.6 Å². The molecule has 0 unspecified atom stereocenters. The van der Waals surface area contributed by atoms with E-state index in [2.05, 4.69) is 11.1 Å². The average Bonchev–Trinajstić information content (AvgIpc) is 3.40. The average molecular weight is 540 g/mol. The van der Waals surface area contributed by atoms with Crippen molar-refractivity contribution >= 4 is 44.7 Å². The van der Waals surface area contributed by atoms with Crippen molar-refractivity contribution in [2.45, 2.75) is 0 Å². The molecule has 40 heavy (non-hydrogen) atoms. The summed E-state index contributed by atoms with van der Waals surface area (Å²) in [5.74, 6) is 0. The molecule has 0 atom stereocenters. The van der Waals surface area contributed by atoms with E-state index in [0.29, 0.717) is 38.1 Å². The molecule has 4 aromatic carbocycles. The Bertz CT molecular complexity index is 2200. The van der Waals surface area contributed by atoms with E-state index in [1.807, 2.05) is 78.9 Å². The number of benzene rings is 4. The maximum absolute atomic E-state index is 13.7. The van der Waals surface area contributed by atoms with Crippen LogP contribution in [0.2, 0.25) is 5.02 Å². The number of para-hydroxylation sites is 1. The van der Waals surface area contributed by atoms with E-state index < -0.39 is 5.56 Å². The Morgan fingerprint density at radius 2 is 1.57 bits per heavy atom. The molecule has 0 bridgehead atoms. The van der Waals surface area contributed by atoms with E-state index in [-0.39, 0.29) is 16.9 Å². The third-order valence-corrected chi connectivity index (χ3v) is 7.18. The van der Waals surface area contributed by atoms with Crippen LogP contribution in [-0.4, -0.2) is 24.4 Å². The number of hydrogen-bond acceptors (Lipinski definition) is 6. The summed E-state index contributed by atoms with van der Waals surface area (Å²) >= 11 is 6.08. The quantitative estimate of drug-likeness (QED) is 0.217. The summed E-state index contributed by atoms with van der Waals surface area (Å²) in [4.78, 5) is 18.2. The lowest BCUT2D eigenvalue weighted by atomic mass is 9.95. The summed E-state index contributed by atoms with van der Waals surface area (Å²) in [6.07, 6.45) is 1.66. The smallest absolute Gasteiger partial charge is 0.285 e. The van der Waals surface area contributed by atoms with E-state index >= 15 is 0 Å². The topological polar surface area (TPSA) is 115 Å². The van der Waals surface area contributed by atoms with Gasteiger partial charge in [0.1, 0.15) is 17.1 Å². The Hall–Kier alpha value is -5.52. The molecule has 0 radical (unpaired) electrons. The number of fused-ring (bicyclic) bond motifs is 5. The van der Waals surface area contributed by atoms with Crippen LogP contribution in [0.3, 0.4) is 0 Å². The molecule has 8 nitrogen and oxygen atoms in total. The highest BCUT2D eigenvalue weighted by molar-refractivity contribution is 6.30. The summed E-state index contributed by atoms with van der Waals surface area (Å²) in [7, 11) is 0. The van der Waals surface area contributed by atoms with Gasteiger partial charge in [0, 0.05) is 21.5 Å². The fourth-order valence-electron chi connectivity index (χ4n) is 5.09. The second-order valence-electron chi connectivity index (χ2n) is 9.25. The number of rotatable bonds is 3. The predicted octanol–water partition coefficient (Wildman–Crippen LogP) is 6.02. The van der Waals surface area contributed by atoms with Crippen molar-refractivity contribution in [3.63, 3.8) is 0 Å². The summed E-state index contributed by atoms with van der Waals surface area (Å²) < 4.78 is 3.26. The van der Waals surface area contributed by atoms with Gasteiger partial charge in [-0.1, -0.05) is 72.3 Å². The van der Waals surface area contributed by atoms with Crippen LogP contribution in [0.15, 0.2) is 102 Å². The van der Waals surface area contributed by atoms with E-state index in [4.69, 9.17) is 27.5 Å². The standard InChI is InChI=1S/C31H18ClN7O/c32-21-13-11-18(12-14-21)23-15-20-17-35-39-29(25(20)27(34)24(23)16-33)36-30(40)26-28(19-7-3-1-4-8-19)37-38(31(26)39)22-9-5-2-6-10-22/h1-15,17H,34H2. The number of nitriles is 1. The van der Waals surface area contributed by atoms with Gasteiger partial charge in [-0.2, -0.15) is 25.0 Å². The highest BCUT2D eigenvalue weighted by Gasteiger charge is 2.23. The number of hydrogen-bond donors (Lipinski definition) is 1. The third-order valence-electron chi connectivity index (χ3n) is 6.93. The number of nitrogens with two attached hydrogens (primary N) is 1. The van der Waals surface area contributed by atoms with Crippen molar-refractivity contribution in [3.8, 4) is 34.1 Å². The second-order valence-corrected chi connectivity index (χ2v) is 9.69. The third kappa shape index (κ3) is 3.53. The lowest BCUT2D eigenvalue weighted by Gasteiger charge is -2.13. The van der Waals surface area contributed by atoms with E-state index in [9.17, 15) is 10.1 Å². The van der Waals surface area contributed by atoms with Gasteiger partial charge in [-0.15, -0.1) is 0 Å². The van der Waals surface area contributed by atoms with Crippen LogP contribution in [0.5, 0.6) is 0 Å². The Morgan fingerprint density at radius 1 is 0.875 bits per heavy atom. The van der Waals surface area contributed by atoms with Crippen molar-refractivity contribution < 1.29 is 0 Å². The van der Waals surface area contributed by atoms with Crippen molar-refractivity contribution in [2.24, 2.45) is 0 Å². The van der Waals surface area contributed by atoms with Crippen LogP contribution in [0, 0.1) is 11.3 Å². The molecular weight excluding hydrogens is 522 g/mol. The van der Waals surface area contributed by atoms with Crippen LogP contribution in [0.1, 0.15) is 5.56 Å². The Morgan fingerprint density at radius 3 is 2.27 bits per heavy atom. The first-order chi connectivity index (χ1) is 19.5. The molecule has 0 saturated heterocycles. The molecule has 0 saturated carbocycles. The Balaban J connectivity index is 1.62. The molecule has 0 aliphatic heterocycles. The molecule has 3 heterocycles. The molecular formula is C31H18ClN7O. The molecule has 190 valence electrons. The minimum absolute atomic E-state index is 0.213. The SMILES string of the molecule is N#Cc1c(-c2ccc(Cl)cc2)cc2cnn3c(nc(=O)c4c(-c5ccccc5)nn(-c5ccccc5)c43)c2c1N. The molecule has 0 fully saturated rings. The van der Waals surface area contributed by atoms with Crippen LogP contribution < -0.4 is 11.3 Å². The van der Waals surface area contributed by atoms with Gasteiger partial charge in [-0.25, -0.2) is 4.68 Å². The minimum atomic E-state index is -0.468. The zero-order chi connectivity index (χ0) is 27.4. The molecule has 9 heteroatoms. The zero-order valence-electron chi connectivity index (χ0n) is 20.8. The van der Waals surface area contributed by atoms with Gasteiger partial charge in [0.05, 0.1) is 28.5 Å². The number of nitrogens with zero attached hydrogens (tertiary/aromatic N) is 6. The first-order valence-corrected chi connectivity index (χ1v) is 12.8. The minimum Gasteiger partial charge on any atom is -0.397 e. The normalized spacial score (nSPS) is 11.3. The van der Waals surface area contributed by atoms with E-state index in [1.165, 1.54) is 0 Å². The van der Waals surface area contributed by atoms with Gasteiger partial charge in [0.2, 0.25) is 0 Å². The lowest BCUT2D eigenvalue weighted by Crippen LogP contribution is -2.14. The molecule has 2 N–H and O–H groups in total. The van der Waals surface area contributed by atoms with Gasteiger partial charge >= 0.3 is 0 Å². The predicted molar refractivity (Wildman–Crippen MR) is 156 cm³/mol. The summed E-state index contributed by atoms with van der Waals surface area (Å²) in [6, 6.07) is 30.2. The van der Waals surface area contributed by atoms with Crippen LogP contribution in [0.25, 0.3) is 55.5 Å². The first kappa shape index (κ1) is 23.6. The summed E-state index contributed by atoms with van der Waals surface area (Å²) in [5.41, 5.74) is 10.8. The van der Waals surface area contributed by atoms with E-state index in [1.54, 1.807) is 27.5 Å². The maximum atomic E-state index is 13.7. The molecule has 0 amide bonds. The highest BCUT2D eigenvalue weighted by atomic mass is 35.5. The molecule has 7 rings (SSSR count). The van der Waals surface area contributed by atoms with Gasteiger partial charge < -0.3 is 5.73 Å². The lowest BCUT2D eigenvalue weighted by molar-refractivity contribution is 0.849. The molecule has 7 aromatic rings. The Kier molecular flexibility index (Phi) is 5.33. The van der Waals surface area contributed by atoms with Crippen molar-refractivity contribution in [2.75, 3.05) is 5.73 Å². The monoisotopic (exact) mass is 539 g/mol. The maximum Gasteiger partial charge on any atom is 0.285 e. The molecule has 0 spiro atoms. The first-order valence-electron chi connectivity index (χ1n) is 12.4. The fraction of sp³-hybridized carbons (Fsp3) is 0. The van der Waals surface area contributed by atoms with Gasteiger partial charge in [0.25, 0.3) is 5.56 Å².